The molecule has 0 bridgehead atoms. The number of nitrogens with zero attached hydrogens (tertiary/aromatic N) is 1. The van der Waals surface area contributed by atoms with Gasteiger partial charge in [0.15, 0.2) is 5.96 Å². The summed E-state index contributed by atoms with van der Waals surface area (Å²) in [5, 5.41) is 6.50. The Hall–Kier alpha value is -2.62. The summed E-state index contributed by atoms with van der Waals surface area (Å²) in [6.45, 7) is 6.13. The number of hydrogen-bond donors (Lipinski definition) is 3. The van der Waals surface area contributed by atoms with Gasteiger partial charge in [-0.15, -0.1) is 0 Å². The lowest BCUT2D eigenvalue weighted by atomic mass is 10.1. The van der Waals surface area contributed by atoms with Gasteiger partial charge in [-0.25, -0.2) is 18.1 Å². The summed E-state index contributed by atoms with van der Waals surface area (Å²) in [6, 6.07) is 12.8. The third-order valence-corrected chi connectivity index (χ3v) is 5.92. The first-order valence-corrected chi connectivity index (χ1v) is 11.6. The van der Waals surface area contributed by atoms with Gasteiger partial charge >= 0.3 is 0 Å². The number of hydrogen-bond acceptors (Lipinski definition) is 5. The van der Waals surface area contributed by atoms with Gasteiger partial charge in [0.05, 0.1) is 25.2 Å². The van der Waals surface area contributed by atoms with Crippen molar-refractivity contribution in [2.45, 2.75) is 31.8 Å². The van der Waals surface area contributed by atoms with Crippen LogP contribution in [0.4, 0.5) is 0 Å². The van der Waals surface area contributed by atoms with E-state index in [1.54, 1.807) is 25.3 Å². The summed E-state index contributed by atoms with van der Waals surface area (Å²) < 4.78 is 37.7. The molecule has 0 radical (unpaired) electrons. The van der Waals surface area contributed by atoms with E-state index in [0.29, 0.717) is 32.2 Å². The number of nitrogens with one attached hydrogen (secondary N) is 3. The molecule has 0 aliphatic heterocycles. The Morgan fingerprint density at radius 3 is 2.61 bits per heavy atom. The Bertz CT molecular complexity index is 977. The molecule has 0 amide bonds. The summed E-state index contributed by atoms with van der Waals surface area (Å²) in [7, 11) is -0.404. The minimum absolute atomic E-state index is 0.207. The van der Waals surface area contributed by atoms with E-state index in [4.69, 9.17) is 9.47 Å². The Morgan fingerprint density at radius 2 is 1.90 bits per heavy atom. The molecule has 3 N–H and O–H groups in total. The molecule has 2 aromatic rings. The van der Waals surface area contributed by atoms with E-state index in [2.05, 4.69) is 20.3 Å². The summed E-state index contributed by atoms with van der Waals surface area (Å²) in [5.41, 5.74) is 2.95. The maximum Gasteiger partial charge on any atom is 0.240 e. The maximum absolute atomic E-state index is 12.4. The summed E-state index contributed by atoms with van der Waals surface area (Å²) in [6.07, 6.45) is 0. The van der Waals surface area contributed by atoms with E-state index in [1.165, 1.54) is 7.11 Å². The van der Waals surface area contributed by atoms with Crippen molar-refractivity contribution in [1.29, 1.82) is 0 Å². The van der Waals surface area contributed by atoms with Gasteiger partial charge in [-0.2, -0.15) is 0 Å². The maximum atomic E-state index is 12.4. The highest BCUT2D eigenvalue weighted by molar-refractivity contribution is 7.89. The summed E-state index contributed by atoms with van der Waals surface area (Å²) in [5.74, 6) is 1.46. The SMILES string of the molecule is CCNC(=NCc1cccc(S(=O)(=O)NCCOC)c1)NCc1ccc(C)cc1OC. The lowest BCUT2D eigenvalue weighted by Gasteiger charge is -2.14. The highest BCUT2D eigenvalue weighted by Crippen LogP contribution is 2.19. The van der Waals surface area contributed by atoms with Crippen LogP contribution < -0.4 is 20.1 Å². The zero-order valence-corrected chi connectivity index (χ0v) is 19.4. The standard InChI is InChI=1S/C22H32N4O4S/c1-5-23-22(25-16-19-10-9-17(2)13-21(19)30-4)24-15-18-7-6-8-20(14-18)31(27,28)26-11-12-29-3/h6-10,13-14,26H,5,11-12,15-16H2,1-4H3,(H2,23,24,25). The molecule has 0 atom stereocenters. The van der Waals surface area contributed by atoms with E-state index in [-0.39, 0.29) is 11.4 Å². The van der Waals surface area contributed by atoms with Gasteiger partial charge in [0.25, 0.3) is 0 Å². The molecule has 170 valence electrons. The van der Waals surface area contributed by atoms with Crippen molar-refractivity contribution < 1.29 is 17.9 Å². The number of benzene rings is 2. The quantitative estimate of drug-likeness (QED) is 0.277. The minimum Gasteiger partial charge on any atom is -0.496 e. The predicted molar refractivity (Wildman–Crippen MR) is 123 cm³/mol. The molecule has 0 heterocycles. The topological polar surface area (TPSA) is 101 Å². The zero-order chi connectivity index (χ0) is 22.7. The number of aryl methyl sites for hydroxylation is 1. The average molecular weight is 449 g/mol. The summed E-state index contributed by atoms with van der Waals surface area (Å²) in [4.78, 5) is 4.80. The van der Waals surface area contributed by atoms with Gasteiger partial charge in [0.2, 0.25) is 10.0 Å². The van der Waals surface area contributed by atoms with Gasteiger partial charge in [-0.1, -0.05) is 24.3 Å². The number of methoxy groups -OCH3 is 2. The van der Waals surface area contributed by atoms with Gasteiger partial charge in [0.1, 0.15) is 5.75 Å². The predicted octanol–water partition coefficient (Wildman–Crippen LogP) is 2.18. The molecule has 0 fully saturated rings. The molecule has 0 saturated carbocycles. The van der Waals surface area contributed by atoms with Crippen molar-refractivity contribution in [2.75, 3.05) is 33.9 Å². The van der Waals surface area contributed by atoms with Gasteiger partial charge in [-0.05, 0) is 43.2 Å². The smallest absolute Gasteiger partial charge is 0.240 e. The van der Waals surface area contributed by atoms with Crippen LogP contribution in [0.1, 0.15) is 23.6 Å². The fraction of sp³-hybridized carbons (Fsp3) is 0.409. The third-order valence-electron chi connectivity index (χ3n) is 4.46. The van der Waals surface area contributed by atoms with Crippen LogP contribution in [-0.4, -0.2) is 48.3 Å². The molecule has 0 aromatic heterocycles. The Kier molecular flexibility index (Phi) is 9.77. The van der Waals surface area contributed by atoms with E-state index in [0.717, 1.165) is 22.4 Å². The van der Waals surface area contributed by atoms with Crippen LogP contribution >= 0.6 is 0 Å². The lowest BCUT2D eigenvalue weighted by molar-refractivity contribution is 0.204. The minimum atomic E-state index is -3.58. The molecule has 0 saturated heterocycles. The molecule has 9 heteroatoms. The zero-order valence-electron chi connectivity index (χ0n) is 18.6. The second-order valence-corrected chi connectivity index (χ2v) is 8.67. The first-order chi connectivity index (χ1) is 14.9. The first-order valence-electron chi connectivity index (χ1n) is 10.1. The van der Waals surface area contributed by atoms with Crippen molar-refractivity contribution in [3.05, 3.63) is 59.2 Å². The van der Waals surface area contributed by atoms with Crippen LogP contribution in [0.3, 0.4) is 0 Å². The van der Waals surface area contributed by atoms with Crippen LogP contribution in [0.2, 0.25) is 0 Å². The Labute approximate surface area is 185 Å². The van der Waals surface area contributed by atoms with E-state index >= 15 is 0 Å². The number of guanidine groups is 1. The number of ether oxygens (including phenoxy) is 2. The molecule has 0 spiro atoms. The van der Waals surface area contributed by atoms with Crippen LogP contribution in [0.25, 0.3) is 0 Å². The lowest BCUT2D eigenvalue weighted by Crippen LogP contribution is -2.36. The molecule has 31 heavy (non-hydrogen) atoms. The number of aliphatic imine (C=N–C) groups is 1. The second-order valence-electron chi connectivity index (χ2n) is 6.90. The first kappa shape index (κ1) is 24.6. The van der Waals surface area contributed by atoms with Gasteiger partial charge in [0, 0.05) is 32.3 Å². The van der Waals surface area contributed by atoms with Crippen molar-refractivity contribution in [3.63, 3.8) is 0 Å². The molecule has 2 rings (SSSR count). The van der Waals surface area contributed by atoms with Crippen LogP contribution in [0, 0.1) is 6.92 Å². The highest BCUT2D eigenvalue weighted by Gasteiger charge is 2.13. The normalized spacial score (nSPS) is 11.9. The number of rotatable bonds is 11. The fourth-order valence-corrected chi connectivity index (χ4v) is 3.94. The van der Waals surface area contributed by atoms with E-state index < -0.39 is 10.0 Å². The molecular formula is C22H32N4O4S. The third kappa shape index (κ3) is 7.86. The van der Waals surface area contributed by atoms with Crippen LogP contribution in [0.15, 0.2) is 52.4 Å². The monoisotopic (exact) mass is 448 g/mol. The second kappa shape index (κ2) is 12.3. The molecule has 0 unspecified atom stereocenters. The van der Waals surface area contributed by atoms with Crippen LogP contribution in [0.5, 0.6) is 5.75 Å². The van der Waals surface area contributed by atoms with Crippen molar-refractivity contribution in [2.24, 2.45) is 4.99 Å². The molecular weight excluding hydrogens is 416 g/mol. The van der Waals surface area contributed by atoms with Crippen LogP contribution in [-0.2, 0) is 27.8 Å². The van der Waals surface area contributed by atoms with E-state index in [1.807, 2.05) is 38.1 Å². The average Bonchev–Trinajstić information content (AvgIpc) is 2.76. The van der Waals surface area contributed by atoms with E-state index in [9.17, 15) is 8.42 Å². The number of sulfonamides is 1. The molecule has 0 aliphatic carbocycles. The largest absolute Gasteiger partial charge is 0.496 e. The van der Waals surface area contributed by atoms with Gasteiger partial charge in [-0.3, -0.25) is 0 Å². The molecule has 2 aromatic carbocycles. The molecule has 8 nitrogen and oxygen atoms in total. The van der Waals surface area contributed by atoms with Gasteiger partial charge < -0.3 is 20.1 Å². The fourth-order valence-electron chi connectivity index (χ4n) is 2.86. The molecule has 0 aliphatic rings. The Balaban J connectivity index is 2.08. The van der Waals surface area contributed by atoms with Crippen molar-refractivity contribution in [3.8, 4) is 5.75 Å². The Morgan fingerprint density at radius 1 is 1.10 bits per heavy atom. The summed E-state index contributed by atoms with van der Waals surface area (Å²) >= 11 is 0. The van der Waals surface area contributed by atoms with Crippen molar-refractivity contribution >= 4 is 16.0 Å². The highest BCUT2D eigenvalue weighted by atomic mass is 32.2. The van der Waals surface area contributed by atoms with Crippen molar-refractivity contribution in [1.82, 2.24) is 15.4 Å².